The van der Waals surface area contributed by atoms with Gasteiger partial charge in [0, 0.05) is 5.69 Å². The van der Waals surface area contributed by atoms with Gasteiger partial charge in [-0.15, -0.1) is 0 Å². The van der Waals surface area contributed by atoms with Crippen molar-refractivity contribution in [2.75, 3.05) is 17.2 Å². The number of nitrogens with one attached hydrogen (secondary N) is 2. The second-order valence-corrected chi connectivity index (χ2v) is 6.76. The summed E-state index contributed by atoms with van der Waals surface area (Å²) in [5.74, 6) is -0.760. The lowest BCUT2D eigenvalue weighted by atomic mass is 10.1. The standard InChI is InChI=1S/C20H25F3N4O4/c1-3-5-9-15(28)12-27-17(16(11-24-27)18(29)31-4-2)26-19(30)25-14-8-6-7-13(10-14)20(21,22)23/h6-8,10-11,15,28H,3-5,9,12H2,1-2H3,(H2,25,26,30). The van der Waals surface area contributed by atoms with Gasteiger partial charge >= 0.3 is 18.2 Å². The molecule has 0 radical (unpaired) electrons. The minimum absolute atomic E-state index is 0.0125. The van der Waals surface area contributed by atoms with E-state index in [0.717, 1.165) is 31.0 Å². The van der Waals surface area contributed by atoms with Gasteiger partial charge in [0.25, 0.3) is 0 Å². The van der Waals surface area contributed by atoms with E-state index in [2.05, 4.69) is 15.7 Å². The number of aliphatic hydroxyl groups is 1. The molecule has 1 atom stereocenters. The van der Waals surface area contributed by atoms with Crippen molar-refractivity contribution >= 4 is 23.5 Å². The number of rotatable bonds is 9. The summed E-state index contributed by atoms with van der Waals surface area (Å²) in [7, 11) is 0. The van der Waals surface area contributed by atoms with Crippen molar-refractivity contribution in [2.24, 2.45) is 0 Å². The average Bonchev–Trinajstić information content (AvgIpc) is 3.08. The van der Waals surface area contributed by atoms with Crippen molar-refractivity contribution in [1.29, 1.82) is 0 Å². The molecule has 2 rings (SSSR count). The van der Waals surface area contributed by atoms with E-state index < -0.39 is 29.8 Å². The molecular weight excluding hydrogens is 417 g/mol. The van der Waals surface area contributed by atoms with Crippen LogP contribution in [0.25, 0.3) is 0 Å². The molecule has 0 spiro atoms. The molecule has 31 heavy (non-hydrogen) atoms. The topological polar surface area (TPSA) is 105 Å². The number of aromatic nitrogens is 2. The number of alkyl halides is 3. The third-order valence-corrected chi connectivity index (χ3v) is 4.29. The molecule has 0 aliphatic carbocycles. The highest BCUT2D eigenvalue weighted by molar-refractivity contribution is 6.04. The van der Waals surface area contributed by atoms with Crippen molar-refractivity contribution in [2.45, 2.75) is 51.9 Å². The van der Waals surface area contributed by atoms with Crippen LogP contribution in [0.1, 0.15) is 49.0 Å². The number of halogens is 3. The van der Waals surface area contributed by atoms with Gasteiger partial charge in [0.1, 0.15) is 11.4 Å². The fourth-order valence-electron chi connectivity index (χ4n) is 2.79. The first-order valence-electron chi connectivity index (χ1n) is 9.81. The molecule has 0 bridgehead atoms. The van der Waals surface area contributed by atoms with Crippen LogP contribution in [0.3, 0.4) is 0 Å². The van der Waals surface area contributed by atoms with E-state index >= 15 is 0 Å². The van der Waals surface area contributed by atoms with E-state index in [1.807, 2.05) is 6.92 Å². The third-order valence-electron chi connectivity index (χ3n) is 4.29. The predicted octanol–water partition coefficient (Wildman–Crippen LogP) is 4.27. The van der Waals surface area contributed by atoms with Gasteiger partial charge in [-0.3, -0.25) is 5.32 Å². The number of hydrogen-bond acceptors (Lipinski definition) is 5. The highest BCUT2D eigenvalue weighted by Gasteiger charge is 2.30. The summed E-state index contributed by atoms with van der Waals surface area (Å²) in [5, 5.41) is 18.9. The molecule has 170 valence electrons. The summed E-state index contributed by atoms with van der Waals surface area (Å²) in [5.41, 5.74) is -1.04. The summed E-state index contributed by atoms with van der Waals surface area (Å²) in [6.45, 7) is 3.70. The maximum atomic E-state index is 12.9. The third kappa shape index (κ3) is 6.99. The Morgan fingerprint density at radius 1 is 1.26 bits per heavy atom. The van der Waals surface area contributed by atoms with Crippen LogP contribution in [0, 0.1) is 0 Å². The van der Waals surface area contributed by atoms with Gasteiger partial charge in [0.2, 0.25) is 0 Å². The second-order valence-electron chi connectivity index (χ2n) is 6.76. The van der Waals surface area contributed by atoms with Crippen LogP contribution < -0.4 is 10.6 Å². The molecule has 8 nitrogen and oxygen atoms in total. The normalized spacial score (nSPS) is 12.3. The van der Waals surface area contributed by atoms with E-state index in [-0.39, 0.29) is 30.2 Å². The lowest BCUT2D eigenvalue weighted by Gasteiger charge is -2.15. The van der Waals surface area contributed by atoms with Crippen LogP contribution in [-0.2, 0) is 17.5 Å². The lowest BCUT2D eigenvalue weighted by Crippen LogP contribution is -2.25. The van der Waals surface area contributed by atoms with Gasteiger partial charge in [-0.2, -0.15) is 18.3 Å². The van der Waals surface area contributed by atoms with Crippen LogP contribution in [0.5, 0.6) is 0 Å². The van der Waals surface area contributed by atoms with Crippen molar-refractivity contribution in [3.05, 3.63) is 41.6 Å². The first-order valence-corrected chi connectivity index (χ1v) is 9.81. The van der Waals surface area contributed by atoms with Gasteiger partial charge in [0.15, 0.2) is 0 Å². The van der Waals surface area contributed by atoms with Crippen molar-refractivity contribution in [1.82, 2.24) is 9.78 Å². The number of carbonyl (C=O) groups is 2. The van der Waals surface area contributed by atoms with Gasteiger partial charge in [-0.05, 0) is 31.5 Å². The quantitative estimate of drug-likeness (QED) is 0.503. The van der Waals surface area contributed by atoms with Gasteiger partial charge < -0.3 is 15.2 Å². The number of esters is 1. The zero-order valence-electron chi connectivity index (χ0n) is 17.2. The summed E-state index contributed by atoms with van der Waals surface area (Å²) in [4.78, 5) is 24.6. The molecule has 11 heteroatoms. The summed E-state index contributed by atoms with van der Waals surface area (Å²) in [6.07, 6.45) is -1.95. The second kappa shape index (κ2) is 10.8. The van der Waals surface area contributed by atoms with Crippen molar-refractivity contribution in [3.8, 4) is 0 Å². The molecule has 1 aromatic heterocycles. The molecule has 3 N–H and O–H groups in total. The minimum Gasteiger partial charge on any atom is -0.462 e. The fourth-order valence-corrected chi connectivity index (χ4v) is 2.79. The molecule has 2 amide bonds. The highest BCUT2D eigenvalue weighted by Crippen LogP contribution is 2.30. The molecule has 0 fully saturated rings. The molecular formula is C20H25F3N4O4. The molecule has 0 saturated carbocycles. The molecule has 0 saturated heterocycles. The number of aliphatic hydroxyl groups excluding tert-OH is 1. The highest BCUT2D eigenvalue weighted by atomic mass is 19.4. The molecule has 1 heterocycles. The van der Waals surface area contributed by atoms with Crippen LogP contribution in [0.2, 0.25) is 0 Å². The molecule has 0 aliphatic rings. The molecule has 2 aromatic rings. The zero-order valence-corrected chi connectivity index (χ0v) is 17.2. The van der Waals surface area contributed by atoms with Crippen LogP contribution in [0.15, 0.2) is 30.5 Å². The lowest BCUT2D eigenvalue weighted by molar-refractivity contribution is -0.137. The van der Waals surface area contributed by atoms with E-state index in [4.69, 9.17) is 4.74 Å². The monoisotopic (exact) mass is 442 g/mol. The number of benzene rings is 1. The number of amides is 2. The molecule has 1 unspecified atom stereocenters. The van der Waals surface area contributed by atoms with Crippen molar-refractivity contribution < 1.29 is 32.6 Å². The van der Waals surface area contributed by atoms with Crippen LogP contribution in [-0.4, -0.2) is 39.6 Å². The van der Waals surface area contributed by atoms with E-state index in [1.165, 1.54) is 16.9 Å². The predicted molar refractivity (Wildman–Crippen MR) is 108 cm³/mol. The maximum Gasteiger partial charge on any atom is 0.416 e. The smallest absolute Gasteiger partial charge is 0.416 e. The average molecular weight is 442 g/mol. The number of hydrogen-bond donors (Lipinski definition) is 3. The number of unbranched alkanes of at least 4 members (excludes halogenated alkanes) is 1. The van der Waals surface area contributed by atoms with E-state index in [9.17, 15) is 27.9 Å². The number of nitrogens with zero attached hydrogens (tertiary/aromatic N) is 2. The van der Waals surface area contributed by atoms with Crippen LogP contribution >= 0.6 is 0 Å². The first kappa shape index (κ1) is 24.2. The van der Waals surface area contributed by atoms with Crippen LogP contribution in [0.4, 0.5) is 29.5 Å². The Bertz CT molecular complexity index is 899. The number of ether oxygens (including phenoxy) is 1. The minimum atomic E-state index is -4.56. The fraction of sp³-hybridized carbons (Fsp3) is 0.450. The number of anilines is 2. The Hall–Kier alpha value is -3.08. The van der Waals surface area contributed by atoms with Gasteiger partial charge in [-0.1, -0.05) is 25.8 Å². The Kier molecular flexibility index (Phi) is 8.43. The van der Waals surface area contributed by atoms with E-state index in [1.54, 1.807) is 6.92 Å². The Morgan fingerprint density at radius 3 is 2.65 bits per heavy atom. The number of urea groups is 1. The SMILES string of the molecule is CCCCC(O)Cn1ncc(C(=O)OCC)c1NC(=O)Nc1cccc(C(F)(F)F)c1. The summed E-state index contributed by atoms with van der Waals surface area (Å²) < 4.78 is 44.8. The van der Waals surface area contributed by atoms with Gasteiger partial charge in [0.05, 0.1) is 31.0 Å². The van der Waals surface area contributed by atoms with Crippen molar-refractivity contribution in [3.63, 3.8) is 0 Å². The first-order chi connectivity index (χ1) is 14.7. The summed E-state index contributed by atoms with van der Waals surface area (Å²) in [6, 6.07) is 3.26. The Balaban J connectivity index is 2.21. The van der Waals surface area contributed by atoms with E-state index in [0.29, 0.717) is 6.42 Å². The maximum absolute atomic E-state index is 12.9. The summed E-state index contributed by atoms with van der Waals surface area (Å²) >= 11 is 0. The molecule has 0 aliphatic heterocycles. The number of carbonyl (C=O) groups excluding carboxylic acids is 2. The molecule has 1 aromatic carbocycles. The zero-order chi connectivity index (χ0) is 23.0. The largest absolute Gasteiger partial charge is 0.462 e. The Morgan fingerprint density at radius 2 is 2.00 bits per heavy atom. The van der Waals surface area contributed by atoms with Gasteiger partial charge in [-0.25, -0.2) is 14.3 Å². The Labute approximate surface area is 177 Å².